The Hall–Kier alpha value is -1.30. The van der Waals surface area contributed by atoms with Gasteiger partial charge in [0.25, 0.3) is 0 Å². The Morgan fingerprint density at radius 3 is 2.48 bits per heavy atom. The first-order valence-electron chi connectivity index (χ1n) is 9.76. The van der Waals surface area contributed by atoms with Crippen LogP contribution >= 0.6 is 0 Å². The molecule has 25 heavy (non-hydrogen) atoms. The summed E-state index contributed by atoms with van der Waals surface area (Å²) < 4.78 is 11.3. The number of likely N-dealkylation sites (tertiary alicyclic amines) is 1. The molecule has 6 nitrogen and oxygen atoms in total. The molecule has 1 saturated heterocycles. The van der Waals surface area contributed by atoms with Crippen molar-refractivity contribution < 1.29 is 19.1 Å². The molecular formula is C19H34N2O4. The summed E-state index contributed by atoms with van der Waals surface area (Å²) in [4.78, 5) is 26.2. The van der Waals surface area contributed by atoms with Gasteiger partial charge in [-0.25, -0.2) is 4.79 Å². The Bertz CT molecular complexity index is 441. The van der Waals surface area contributed by atoms with E-state index in [1.807, 2.05) is 20.8 Å². The minimum Gasteiger partial charge on any atom is -0.444 e. The molecule has 2 rings (SSSR count). The lowest BCUT2D eigenvalue weighted by atomic mass is 9.98. The van der Waals surface area contributed by atoms with E-state index < -0.39 is 17.7 Å². The number of hydrogen-bond acceptors (Lipinski definition) is 4. The molecule has 144 valence electrons. The van der Waals surface area contributed by atoms with Gasteiger partial charge in [0.05, 0.1) is 6.10 Å². The maximum absolute atomic E-state index is 12.4. The van der Waals surface area contributed by atoms with Crippen molar-refractivity contribution in [1.29, 1.82) is 0 Å². The van der Waals surface area contributed by atoms with Gasteiger partial charge in [-0.05, 0) is 52.9 Å². The number of ether oxygens (including phenoxy) is 2. The van der Waals surface area contributed by atoms with Gasteiger partial charge >= 0.3 is 6.09 Å². The summed E-state index contributed by atoms with van der Waals surface area (Å²) in [6, 6.07) is -0.408. The zero-order valence-electron chi connectivity index (χ0n) is 16.0. The molecule has 1 saturated carbocycles. The fourth-order valence-electron chi connectivity index (χ4n) is 3.46. The zero-order valence-corrected chi connectivity index (χ0v) is 16.0. The van der Waals surface area contributed by atoms with Crippen LogP contribution in [0.2, 0.25) is 0 Å². The van der Waals surface area contributed by atoms with Crippen molar-refractivity contribution in [1.82, 2.24) is 10.2 Å². The SMILES string of the molecule is CC(C)(C)OC(=O)N1CCCC1C(=O)NCCCOC1CCCCC1. The van der Waals surface area contributed by atoms with Gasteiger partial charge < -0.3 is 14.8 Å². The Labute approximate surface area is 151 Å². The van der Waals surface area contributed by atoms with E-state index in [-0.39, 0.29) is 5.91 Å². The third-order valence-corrected chi connectivity index (χ3v) is 4.71. The summed E-state index contributed by atoms with van der Waals surface area (Å²) in [6.45, 7) is 7.36. The van der Waals surface area contributed by atoms with Crippen molar-refractivity contribution in [3.05, 3.63) is 0 Å². The molecule has 1 aliphatic carbocycles. The molecular weight excluding hydrogens is 320 g/mol. The number of amides is 2. The van der Waals surface area contributed by atoms with Crippen molar-refractivity contribution in [3.8, 4) is 0 Å². The molecule has 1 atom stereocenters. The molecule has 0 aromatic carbocycles. The average molecular weight is 354 g/mol. The number of carbonyl (C=O) groups excluding carboxylic acids is 2. The van der Waals surface area contributed by atoms with E-state index in [0.717, 1.165) is 12.8 Å². The Kier molecular flexibility index (Phi) is 7.54. The normalized spacial score (nSPS) is 22.0. The number of nitrogens with zero attached hydrogens (tertiary/aromatic N) is 1. The van der Waals surface area contributed by atoms with Crippen LogP contribution in [0.15, 0.2) is 0 Å². The van der Waals surface area contributed by atoms with Crippen molar-refractivity contribution in [3.63, 3.8) is 0 Å². The zero-order chi connectivity index (χ0) is 18.3. The van der Waals surface area contributed by atoms with E-state index >= 15 is 0 Å². The summed E-state index contributed by atoms with van der Waals surface area (Å²) in [7, 11) is 0. The largest absolute Gasteiger partial charge is 0.444 e. The minimum atomic E-state index is -0.544. The number of nitrogens with one attached hydrogen (secondary N) is 1. The lowest BCUT2D eigenvalue weighted by molar-refractivity contribution is -0.125. The number of carbonyl (C=O) groups is 2. The molecule has 1 aliphatic heterocycles. The van der Waals surface area contributed by atoms with Crippen LogP contribution in [0.4, 0.5) is 4.79 Å². The van der Waals surface area contributed by atoms with Gasteiger partial charge in [0.2, 0.25) is 5.91 Å². The smallest absolute Gasteiger partial charge is 0.410 e. The fourth-order valence-corrected chi connectivity index (χ4v) is 3.46. The van der Waals surface area contributed by atoms with Crippen LogP contribution in [-0.4, -0.2) is 54.3 Å². The van der Waals surface area contributed by atoms with Gasteiger partial charge in [-0.1, -0.05) is 19.3 Å². The van der Waals surface area contributed by atoms with Gasteiger partial charge in [-0.3, -0.25) is 9.69 Å². The number of rotatable bonds is 6. The molecule has 2 amide bonds. The molecule has 2 aliphatic rings. The van der Waals surface area contributed by atoms with Crippen LogP contribution in [0.25, 0.3) is 0 Å². The maximum atomic E-state index is 12.4. The van der Waals surface area contributed by atoms with Crippen LogP contribution in [-0.2, 0) is 14.3 Å². The summed E-state index contributed by atoms with van der Waals surface area (Å²) in [5.41, 5.74) is -0.544. The van der Waals surface area contributed by atoms with Crippen molar-refractivity contribution in [2.45, 2.75) is 89.9 Å². The lowest BCUT2D eigenvalue weighted by Crippen LogP contribution is -2.47. The van der Waals surface area contributed by atoms with Gasteiger partial charge in [-0.15, -0.1) is 0 Å². The van der Waals surface area contributed by atoms with E-state index in [2.05, 4.69) is 5.32 Å². The van der Waals surface area contributed by atoms with E-state index in [4.69, 9.17) is 9.47 Å². The first-order chi connectivity index (χ1) is 11.9. The molecule has 1 unspecified atom stereocenters. The van der Waals surface area contributed by atoms with Crippen LogP contribution < -0.4 is 5.32 Å². The minimum absolute atomic E-state index is 0.0824. The molecule has 6 heteroatoms. The van der Waals surface area contributed by atoms with Crippen molar-refractivity contribution >= 4 is 12.0 Å². The van der Waals surface area contributed by atoms with Gasteiger partial charge in [0, 0.05) is 19.7 Å². The summed E-state index contributed by atoms with van der Waals surface area (Å²) >= 11 is 0. The highest BCUT2D eigenvalue weighted by Gasteiger charge is 2.36. The monoisotopic (exact) mass is 354 g/mol. The summed E-state index contributed by atoms with van der Waals surface area (Å²) in [6.07, 6.45) is 8.54. The van der Waals surface area contributed by atoms with Crippen LogP contribution in [0, 0.1) is 0 Å². The fraction of sp³-hybridized carbons (Fsp3) is 0.895. The standard InChI is InChI=1S/C19H34N2O4/c1-19(2,3)25-18(23)21-13-7-11-16(21)17(22)20-12-8-14-24-15-9-5-4-6-10-15/h15-16H,4-14H2,1-3H3,(H,20,22). The van der Waals surface area contributed by atoms with E-state index in [1.165, 1.54) is 32.1 Å². The molecule has 1 heterocycles. The molecule has 0 bridgehead atoms. The first kappa shape index (κ1) is 20.0. The quantitative estimate of drug-likeness (QED) is 0.744. The highest BCUT2D eigenvalue weighted by molar-refractivity contribution is 5.86. The summed E-state index contributed by atoms with van der Waals surface area (Å²) in [5, 5.41) is 2.94. The first-order valence-corrected chi connectivity index (χ1v) is 9.76. The second kappa shape index (κ2) is 9.41. The molecule has 1 N–H and O–H groups in total. The van der Waals surface area contributed by atoms with E-state index in [9.17, 15) is 9.59 Å². The van der Waals surface area contributed by atoms with E-state index in [1.54, 1.807) is 4.90 Å². The van der Waals surface area contributed by atoms with Gasteiger partial charge in [0.15, 0.2) is 0 Å². The van der Waals surface area contributed by atoms with Crippen LogP contribution in [0.1, 0.15) is 72.1 Å². The van der Waals surface area contributed by atoms with E-state index in [0.29, 0.717) is 32.2 Å². The predicted molar refractivity (Wildman–Crippen MR) is 96.4 cm³/mol. The topological polar surface area (TPSA) is 67.9 Å². The van der Waals surface area contributed by atoms with Crippen molar-refractivity contribution in [2.24, 2.45) is 0 Å². The Morgan fingerprint density at radius 2 is 1.80 bits per heavy atom. The van der Waals surface area contributed by atoms with Crippen LogP contribution in [0.3, 0.4) is 0 Å². The maximum Gasteiger partial charge on any atom is 0.410 e. The highest BCUT2D eigenvalue weighted by Crippen LogP contribution is 2.21. The Morgan fingerprint density at radius 1 is 1.08 bits per heavy atom. The van der Waals surface area contributed by atoms with Crippen molar-refractivity contribution in [2.75, 3.05) is 19.7 Å². The van der Waals surface area contributed by atoms with Crippen LogP contribution in [0.5, 0.6) is 0 Å². The summed E-state index contributed by atoms with van der Waals surface area (Å²) in [5.74, 6) is -0.0824. The molecule has 0 aromatic heterocycles. The predicted octanol–water partition coefficient (Wildman–Crippen LogP) is 3.24. The average Bonchev–Trinajstić information content (AvgIpc) is 3.03. The molecule has 0 aromatic rings. The third-order valence-electron chi connectivity index (χ3n) is 4.71. The molecule has 0 radical (unpaired) electrons. The second-order valence-electron chi connectivity index (χ2n) is 8.11. The highest BCUT2D eigenvalue weighted by atomic mass is 16.6. The van der Waals surface area contributed by atoms with Gasteiger partial charge in [0.1, 0.15) is 11.6 Å². The van der Waals surface area contributed by atoms with Gasteiger partial charge in [-0.2, -0.15) is 0 Å². The lowest BCUT2D eigenvalue weighted by Gasteiger charge is -2.28. The molecule has 2 fully saturated rings. The number of hydrogen-bond donors (Lipinski definition) is 1. The third kappa shape index (κ3) is 6.84. The molecule has 0 spiro atoms. The Balaban J connectivity index is 1.66. The second-order valence-corrected chi connectivity index (χ2v) is 8.11.